The largest absolute Gasteiger partial charge is 0.369 e. The third-order valence-electron chi connectivity index (χ3n) is 6.73. The zero-order valence-corrected chi connectivity index (χ0v) is 18.6. The van der Waals surface area contributed by atoms with Gasteiger partial charge in [-0.15, -0.1) is 0 Å². The van der Waals surface area contributed by atoms with Crippen LogP contribution in [0, 0.1) is 12.3 Å². The van der Waals surface area contributed by atoms with Gasteiger partial charge in [-0.3, -0.25) is 9.59 Å². The molecule has 1 aromatic carbocycles. The van der Waals surface area contributed by atoms with Crippen molar-refractivity contribution in [3.05, 3.63) is 57.0 Å². The number of hydrogen-bond acceptors (Lipinski definition) is 5. The lowest BCUT2D eigenvalue weighted by atomic mass is 9.72. The zero-order chi connectivity index (χ0) is 22.0. The van der Waals surface area contributed by atoms with E-state index >= 15 is 0 Å². The Morgan fingerprint density at radius 1 is 1.29 bits per heavy atom. The summed E-state index contributed by atoms with van der Waals surface area (Å²) >= 11 is 6.47. The maximum absolute atomic E-state index is 12.8. The van der Waals surface area contributed by atoms with Crippen LogP contribution in [-0.4, -0.2) is 35.4 Å². The molecule has 2 aliphatic heterocycles. The monoisotopic (exact) mass is 444 g/mol. The van der Waals surface area contributed by atoms with E-state index in [0.29, 0.717) is 44.6 Å². The summed E-state index contributed by atoms with van der Waals surface area (Å²) in [6.07, 6.45) is 5.85. The molecule has 1 unspecified atom stereocenters. The number of anilines is 1. The van der Waals surface area contributed by atoms with Crippen LogP contribution in [0.15, 0.2) is 35.3 Å². The molecule has 0 saturated carbocycles. The van der Waals surface area contributed by atoms with Crippen LogP contribution < -0.4 is 16.2 Å². The van der Waals surface area contributed by atoms with Crippen molar-refractivity contribution in [2.45, 2.75) is 51.7 Å². The molecule has 8 heteroatoms. The van der Waals surface area contributed by atoms with E-state index in [4.69, 9.17) is 22.1 Å². The molecular formula is C23H29ClN4O3. The van der Waals surface area contributed by atoms with Crippen LogP contribution >= 0.6 is 11.6 Å². The number of carbonyl (C=O) groups excluding carboxylic acids is 1. The second-order valence-corrected chi connectivity index (χ2v) is 9.03. The smallest absolute Gasteiger partial charge is 0.290 e. The van der Waals surface area contributed by atoms with Gasteiger partial charge in [0.1, 0.15) is 5.02 Å². The minimum atomic E-state index is -0.604. The van der Waals surface area contributed by atoms with Crippen molar-refractivity contribution in [2.24, 2.45) is 11.1 Å². The summed E-state index contributed by atoms with van der Waals surface area (Å²) in [6, 6.07) is 8.09. The van der Waals surface area contributed by atoms with Crippen molar-refractivity contribution in [3.8, 4) is 0 Å². The fourth-order valence-corrected chi connectivity index (χ4v) is 4.89. The normalized spacial score (nSPS) is 21.1. The summed E-state index contributed by atoms with van der Waals surface area (Å²) in [6.45, 7) is 3.84. The van der Waals surface area contributed by atoms with Crippen molar-refractivity contribution in [1.82, 2.24) is 9.78 Å². The number of carbonyl (C=O) groups is 1. The molecule has 1 amide bonds. The number of aryl methyl sites for hydroxylation is 1. The fourth-order valence-electron chi connectivity index (χ4n) is 4.64. The van der Waals surface area contributed by atoms with Gasteiger partial charge >= 0.3 is 0 Å². The van der Waals surface area contributed by atoms with Crippen LogP contribution in [0.5, 0.6) is 0 Å². The summed E-state index contributed by atoms with van der Waals surface area (Å²) < 4.78 is 7.03. The van der Waals surface area contributed by atoms with Crippen LogP contribution in [0.25, 0.3) is 0 Å². The van der Waals surface area contributed by atoms with E-state index < -0.39 is 5.41 Å². The van der Waals surface area contributed by atoms with E-state index in [1.54, 1.807) is 6.20 Å². The Kier molecular flexibility index (Phi) is 6.34. The lowest BCUT2D eigenvalue weighted by Gasteiger charge is -2.41. The highest BCUT2D eigenvalue weighted by Crippen LogP contribution is 2.38. The highest BCUT2D eigenvalue weighted by Gasteiger charge is 2.41. The molecule has 0 aliphatic carbocycles. The van der Waals surface area contributed by atoms with Gasteiger partial charge in [0.2, 0.25) is 5.91 Å². The number of piperidine rings is 1. The molecule has 2 aromatic rings. The molecule has 31 heavy (non-hydrogen) atoms. The summed E-state index contributed by atoms with van der Waals surface area (Å²) in [5.74, 6) is -0.274. The summed E-state index contributed by atoms with van der Waals surface area (Å²) in [5.41, 5.74) is 7.84. The first-order chi connectivity index (χ1) is 14.9. The first-order valence-electron chi connectivity index (χ1n) is 10.9. The lowest BCUT2D eigenvalue weighted by molar-refractivity contribution is -0.128. The number of primary amides is 1. The van der Waals surface area contributed by atoms with Crippen LogP contribution in [-0.2, 0) is 16.0 Å². The van der Waals surface area contributed by atoms with E-state index in [1.165, 1.54) is 4.68 Å². The molecule has 1 atom stereocenters. The average Bonchev–Trinajstić information content (AvgIpc) is 2.78. The van der Waals surface area contributed by atoms with Gasteiger partial charge in [0.25, 0.3) is 5.56 Å². The number of benzene rings is 1. The molecular weight excluding hydrogens is 416 g/mol. The molecule has 0 bridgehead atoms. The van der Waals surface area contributed by atoms with Gasteiger partial charge < -0.3 is 15.4 Å². The first-order valence-corrected chi connectivity index (χ1v) is 11.3. The van der Waals surface area contributed by atoms with Crippen molar-refractivity contribution in [2.75, 3.05) is 24.6 Å². The Balaban J connectivity index is 1.52. The Morgan fingerprint density at radius 2 is 2.03 bits per heavy atom. The van der Waals surface area contributed by atoms with Crippen molar-refractivity contribution < 1.29 is 9.53 Å². The maximum atomic E-state index is 12.8. The molecule has 2 aliphatic rings. The average molecular weight is 445 g/mol. The van der Waals surface area contributed by atoms with E-state index in [2.05, 4.69) is 24.2 Å². The van der Waals surface area contributed by atoms with E-state index in [0.717, 1.165) is 30.4 Å². The number of halogens is 1. The Bertz CT molecular complexity index is 1010. The van der Waals surface area contributed by atoms with Crippen molar-refractivity contribution >= 4 is 23.2 Å². The summed E-state index contributed by atoms with van der Waals surface area (Å²) in [4.78, 5) is 27.3. The van der Waals surface area contributed by atoms with Gasteiger partial charge in [-0.05, 0) is 56.6 Å². The van der Waals surface area contributed by atoms with Gasteiger partial charge in [-0.25, -0.2) is 0 Å². The quantitative estimate of drug-likeness (QED) is 0.764. The second kappa shape index (κ2) is 9.01. The van der Waals surface area contributed by atoms with E-state index in [1.807, 2.05) is 17.0 Å². The molecule has 7 nitrogen and oxygen atoms in total. The third kappa shape index (κ3) is 4.34. The SMILES string of the molecule is Cc1ccccc1CC1(C(N)=O)CCN(c2cnn(C3CCCCO3)c(=O)c2Cl)CC1. The molecule has 2 fully saturated rings. The topological polar surface area (TPSA) is 90.5 Å². The number of ether oxygens (including phenoxy) is 1. The summed E-state index contributed by atoms with van der Waals surface area (Å²) in [7, 11) is 0. The Morgan fingerprint density at radius 3 is 2.68 bits per heavy atom. The third-order valence-corrected chi connectivity index (χ3v) is 7.08. The highest BCUT2D eigenvalue weighted by atomic mass is 35.5. The van der Waals surface area contributed by atoms with Gasteiger partial charge in [0, 0.05) is 19.7 Å². The van der Waals surface area contributed by atoms with Crippen LogP contribution in [0.2, 0.25) is 5.02 Å². The summed E-state index contributed by atoms with van der Waals surface area (Å²) in [5, 5.41) is 4.50. The van der Waals surface area contributed by atoms with Crippen LogP contribution in [0.3, 0.4) is 0 Å². The number of rotatable bonds is 5. The molecule has 4 rings (SSSR count). The van der Waals surface area contributed by atoms with Crippen molar-refractivity contribution in [1.29, 1.82) is 0 Å². The zero-order valence-electron chi connectivity index (χ0n) is 17.8. The van der Waals surface area contributed by atoms with Gasteiger partial charge in [0.15, 0.2) is 6.23 Å². The molecule has 2 N–H and O–H groups in total. The highest BCUT2D eigenvalue weighted by molar-refractivity contribution is 6.33. The molecule has 2 saturated heterocycles. The number of aromatic nitrogens is 2. The number of nitrogens with two attached hydrogens (primary N) is 1. The maximum Gasteiger partial charge on any atom is 0.290 e. The molecule has 0 spiro atoms. The number of hydrogen-bond donors (Lipinski definition) is 1. The first kappa shape index (κ1) is 21.8. The standard InChI is InChI=1S/C23H29ClN4O3/c1-16-6-2-3-7-17(16)14-23(22(25)30)9-11-27(12-10-23)18-15-26-28(21(29)20(18)24)19-8-4-5-13-31-19/h2-3,6-7,15,19H,4-5,8-14H2,1H3,(H2,25,30). The Labute approximate surface area is 187 Å². The second-order valence-electron chi connectivity index (χ2n) is 8.65. The molecule has 0 radical (unpaired) electrons. The van der Waals surface area contributed by atoms with Gasteiger partial charge in [0.05, 0.1) is 17.3 Å². The molecule has 166 valence electrons. The van der Waals surface area contributed by atoms with E-state index in [-0.39, 0.29) is 22.7 Å². The minimum Gasteiger partial charge on any atom is -0.369 e. The fraction of sp³-hybridized carbons (Fsp3) is 0.522. The lowest BCUT2D eigenvalue weighted by Crippen LogP contribution is -2.49. The molecule has 3 heterocycles. The number of nitrogens with zero attached hydrogens (tertiary/aromatic N) is 3. The minimum absolute atomic E-state index is 0.148. The Hall–Kier alpha value is -2.38. The molecule has 1 aromatic heterocycles. The predicted octanol–water partition coefficient (Wildman–Crippen LogP) is 3.22. The predicted molar refractivity (Wildman–Crippen MR) is 120 cm³/mol. The van der Waals surface area contributed by atoms with Gasteiger partial charge in [-0.1, -0.05) is 35.9 Å². The van der Waals surface area contributed by atoms with E-state index in [9.17, 15) is 9.59 Å². The van der Waals surface area contributed by atoms with Crippen molar-refractivity contribution in [3.63, 3.8) is 0 Å². The van der Waals surface area contributed by atoms with Crippen LogP contribution in [0.4, 0.5) is 5.69 Å². The van der Waals surface area contributed by atoms with Crippen LogP contribution in [0.1, 0.15) is 49.5 Å². The van der Waals surface area contributed by atoms with Gasteiger partial charge in [-0.2, -0.15) is 9.78 Å². The number of amides is 1.